The zero-order valence-electron chi connectivity index (χ0n) is 33.2. The van der Waals surface area contributed by atoms with Gasteiger partial charge in [-0.25, -0.2) is 9.97 Å². The number of hydrogen-bond acceptors (Lipinski definition) is 11. The number of nitrogens with one attached hydrogen (secondary N) is 2. The number of carbonyl (C=O) groups excluding carboxylic acids is 3. The molecule has 14 heteroatoms. The Morgan fingerprint density at radius 2 is 1.79 bits per heavy atom. The van der Waals surface area contributed by atoms with Gasteiger partial charge < -0.3 is 35.0 Å². The predicted octanol–water partition coefficient (Wildman–Crippen LogP) is 6.31. The van der Waals surface area contributed by atoms with E-state index in [9.17, 15) is 19.5 Å². The molecule has 3 amide bonds. The molecule has 0 bridgehead atoms. The van der Waals surface area contributed by atoms with Crippen LogP contribution in [0.25, 0.3) is 21.7 Å². The zero-order chi connectivity index (χ0) is 40.0. The van der Waals surface area contributed by atoms with Crippen molar-refractivity contribution in [2.24, 2.45) is 5.41 Å². The third-order valence-corrected chi connectivity index (χ3v) is 12.3. The molecule has 2 aliphatic heterocycles. The van der Waals surface area contributed by atoms with Crippen LogP contribution < -0.4 is 20.3 Å². The number of aliphatic hydroxyl groups is 1. The lowest BCUT2D eigenvalue weighted by Gasteiger charge is -2.35. The lowest BCUT2D eigenvalue weighted by atomic mass is 9.85. The van der Waals surface area contributed by atoms with Crippen LogP contribution in [0.2, 0.25) is 0 Å². The standard InChI is InChI=1S/C42H54N6O6S2/c1-26-21-32(14-15-33(26)34-24-55-41(45-34)47-16-19-53-20-17-47)54-18-8-7-9-36(50)46-38(42(4,5)6)40(52)48-23-31(49)22-35(48)39(51)44-27(2)29-10-12-30(13-11-29)37-28(3)43-25-56-37/h10-15,21,24-25,27,31,35,38,49H,7-9,16-20,22-23H2,1-6H3,(H,44,51)(H,46,50)/t27-,31+,35-,38+/m0/s1. The summed E-state index contributed by atoms with van der Waals surface area (Å²) in [4.78, 5) is 54.9. The molecular weight excluding hydrogens is 749 g/mol. The molecule has 2 aromatic carbocycles. The Bertz CT molecular complexity index is 1970. The smallest absolute Gasteiger partial charge is 0.246 e. The molecule has 0 radical (unpaired) electrons. The highest BCUT2D eigenvalue weighted by molar-refractivity contribution is 7.14. The van der Waals surface area contributed by atoms with Gasteiger partial charge in [0.1, 0.15) is 17.8 Å². The van der Waals surface area contributed by atoms with E-state index in [2.05, 4.69) is 32.8 Å². The number of likely N-dealkylation sites (tertiary alicyclic amines) is 1. The van der Waals surface area contributed by atoms with Gasteiger partial charge in [0.15, 0.2) is 5.13 Å². The van der Waals surface area contributed by atoms with Gasteiger partial charge in [-0.05, 0) is 73.9 Å². The number of morpholine rings is 1. The van der Waals surface area contributed by atoms with E-state index < -0.39 is 23.6 Å². The van der Waals surface area contributed by atoms with Crippen LogP contribution in [0.1, 0.15) is 76.2 Å². The monoisotopic (exact) mass is 802 g/mol. The van der Waals surface area contributed by atoms with Crippen LogP contribution in [0.3, 0.4) is 0 Å². The minimum atomic E-state index is -0.879. The van der Waals surface area contributed by atoms with Crippen molar-refractivity contribution in [1.29, 1.82) is 0 Å². The van der Waals surface area contributed by atoms with Crippen LogP contribution in [-0.4, -0.2) is 95.3 Å². The number of rotatable bonds is 14. The minimum Gasteiger partial charge on any atom is -0.494 e. The van der Waals surface area contributed by atoms with Gasteiger partial charge in [-0.1, -0.05) is 45.0 Å². The summed E-state index contributed by atoms with van der Waals surface area (Å²) in [5, 5.41) is 19.7. The van der Waals surface area contributed by atoms with Crippen LogP contribution in [-0.2, 0) is 19.1 Å². The average Bonchev–Trinajstić information content (AvgIpc) is 3.94. The molecule has 0 spiro atoms. The number of aryl methyl sites for hydroxylation is 2. The van der Waals surface area contributed by atoms with E-state index in [-0.39, 0.29) is 43.1 Å². The molecule has 6 rings (SSSR count). The van der Waals surface area contributed by atoms with Crippen LogP contribution >= 0.6 is 22.7 Å². The third-order valence-electron chi connectivity index (χ3n) is 10.4. The first kappa shape index (κ1) is 41.3. The summed E-state index contributed by atoms with van der Waals surface area (Å²) in [5.41, 5.74) is 7.25. The predicted molar refractivity (Wildman–Crippen MR) is 221 cm³/mol. The maximum Gasteiger partial charge on any atom is 0.246 e. The number of aromatic nitrogens is 2. The van der Waals surface area contributed by atoms with E-state index in [1.165, 1.54) is 4.90 Å². The van der Waals surface area contributed by atoms with Crippen LogP contribution in [0.4, 0.5) is 5.13 Å². The summed E-state index contributed by atoms with van der Waals surface area (Å²) in [5.74, 6) is -0.200. The number of β-amino-alcohol motifs (C(OH)–C–C–N with tert-alkyl or cyclic N) is 1. The van der Waals surface area contributed by atoms with Crippen LogP contribution in [0.5, 0.6) is 5.75 Å². The van der Waals surface area contributed by atoms with Crippen molar-refractivity contribution in [3.05, 3.63) is 70.2 Å². The first-order valence-corrected chi connectivity index (χ1v) is 21.1. The van der Waals surface area contributed by atoms with Gasteiger partial charge in [0.2, 0.25) is 17.7 Å². The van der Waals surface area contributed by atoms with Gasteiger partial charge >= 0.3 is 0 Å². The van der Waals surface area contributed by atoms with Gasteiger partial charge in [0.05, 0.1) is 53.7 Å². The van der Waals surface area contributed by atoms with E-state index in [0.29, 0.717) is 19.4 Å². The second-order valence-electron chi connectivity index (χ2n) is 15.8. The van der Waals surface area contributed by atoms with Crippen LogP contribution in [0.15, 0.2) is 53.4 Å². The highest BCUT2D eigenvalue weighted by Gasteiger charge is 2.44. The fourth-order valence-corrected chi connectivity index (χ4v) is 8.82. The molecule has 12 nitrogen and oxygen atoms in total. The van der Waals surface area contributed by atoms with E-state index in [1.54, 1.807) is 22.7 Å². The Kier molecular flexibility index (Phi) is 13.5. The molecule has 0 saturated carbocycles. The molecule has 4 heterocycles. The van der Waals surface area contributed by atoms with E-state index in [1.807, 2.05) is 82.6 Å². The number of aliphatic hydroxyl groups excluding tert-OH is 1. The molecule has 2 aromatic heterocycles. The van der Waals surface area contributed by atoms with E-state index >= 15 is 0 Å². The van der Waals surface area contributed by atoms with Crippen molar-refractivity contribution in [2.45, 2.75) is 91.5 Å². The van der Waals surface area contributed by atoms with E-state index in [4.69, 9.17) is 14.5 Å². The molecule has 0 aliphatic carbocycles. The quantitative estimate of drug-likeness (QED) is 0.125. The van der Waals surface area contributed by atoms with Crippen molar-refractivity contribution >= 4 is 45.5 Å². The molecular formula is C42H54N6O6S2. The summed E-state index contributed by atoms with van der Waals surface area (Å²) in [6, 6.07) is 11.9. The summed E-state index contributed by atoms with van der Waals surface area (Å²) in [6.45, 7) is 15.2. The van der Waals surface area contributed by atoms with Crippen molar-refractivity contribution < 1.29 is 29.0 Å². The Balaban J connectivity index is 0.975. The number of benzene rings is 2. The van der Waals surface area contributed by atoms with Gasteiger partial charge in [-0.3, -0.25) is 14.4 Å². The Morgan fingerprint density at radius 1 is 1.04 bits per heavy atom. The van der Waals surface area contributed by atoms with Gasteiger partial charge in [-0.15, -0.1) is 22.7 Å². The molecule has 4 aromatic rings. The molecule has 4 atom stereocenters. The second kappa shape index (κ2) is 18.3. The summed E-state index contributed by atoms with van der Waals surface area (Å²) in [7, 11) is 0. The number of anilines is 1. The molecule has 300 valence electrons. The maximum absolute atomic E-state index is 14.1. The fourth-order valence-electron chi connectivity index (χ4n) is 7.13. The SMILES string of the molecule is Cc1cc(OCCCCC(=O)N[C@H](C(=O)N2C[C@H](O)C[C@H]2C(=O)N[C@@H](C)c2ccc(-c3scnc3C)cc2)C(C)(C)C)ccc1-c1csc(N2CCOCC2)n1. The number of amides is 3. The molecule has 56 heavy (non-hydrogen) atoms. The third kappa shape index (κ3) is 10.1. The van der Waals surface area contributed by atoms with Crippen LogP contribution in [0, 0.1) is 19.3 Å². The van der Waals surface area contributed by atoms with Crippen molar-refractivity contribution in [2.75, 3.05) is 44.4 Å². The topological polar surface area (TPSA) is 146 Å². The van der Waals surface area contributed by atoms with Gasteiger partial charge in [-0.2, -0.15) is 0 Å². The Labute approximate surface area is 337 Å². The Hall–Kier alpha value is -4.37. The van der Waals surface area contributed by atoms with E-state index in [0.717, 1.165) is 75.7 Å². The fraction of sp³-hybridized carbons (Fsp3) is 0.500. The number of carbonyl (C=O) groups is 3. The summed E-state index contributed by atoms with van der Waals surface area (Å²) >= 11 is 3.23. The van der Waals surface area contributed by atoms with Crippen molar-refractivity contribution in [3.63, 3.8) is 0 Å². The van der Waals surface area contributed by atoms with Crippen molar-refractivity contribution in [3.8, 4) is 27.4 Å². The largest absolute Gasteiger partial charge is 0.494 e. The highest BCUT2D eigenvalue weighted by atomic mass is 32.1. The van der Waals surface area contributed by atoms with Gasteiger partial charge in [0.25, 0.3) is 0 Å². The Morgan fingerprint density at radius 3 is 2.46 bits per heavy atom. The molecule has 3 N–H and O–H groups in total. The number of nitrogens with zero attached hydrogens (tertiary/aromatic N) is 4. The maximum atomic E-state index is 14.1. The number of unbranched alkanes of at least 4 members (excludes halogenated alkanes) is 1. The summed E-state index contributed by atoms with van der Waals surface area (Å²) < 4.78 is 11.5. The molecule has 2 saturated heterocycles. The first-order chi connectivity index (χ1) is 26.8. The average molecular weight is 803 g/mol. The zero-order valence-corrected chi connectivity index (χ0v) is 34.8. The highest BCUT2D eigenvalue weighted by Crippen LogP contribution is 2.33. The molecule has 0 unspecified atom stereocenters. The normalized spacial score (nSPS) is 18.4. The van der Waals surface area contributed by atoms with Gasteiger partial charge in [0, 0.05) is 43.4 Å². The minimum absolute atomic E-state index is 0.0215. The molecule has 2 fully saturated rings. The lowest BCUT2D eigenvalue weighted by Crippen LogP contribution is -2.57. The van der Waals surface area contributed by atoms with Crippen molar-refractivity contribution in [1.82, 2.24) is 25.5 Å². The lowest BCUT2D eigenvalue weighted by molar-refractivity contribution is -0.144. The molecule has 2 aliphatic rings. The number of hydrogen-bond donors (Lipinski definition) is 3. The summed E-state index contributed by atoms with van der Waals surface area (Å²) in [6.07, 6.45) is 0.740. The first-order valence-electron chi connectivity index (χ1n) is 19.4. The number of ether oxygens (including phenoxy) is 2. The second-order valence-corrected chi connectivity index (χ2v) is 17.5. The number of thiazole rings is 2.